The molecule has 0 aliphatic carbocycles. The van der Waals surface area contributed by atoms with Crippen molar-refractivity contribution < 1.29 is 14.3 Å². The maximum absolute atomic E-state index is 12.2. The van der Waals surface area contributed by atoms with Crippen molar-refractivity contribution in [1.29, 1.82) is 0 Å². The number of rotatable bonds is 6. The van der Waals surface area contributed by atoms with Gasteiger partial charge in [0.2, 0.25) is 5.89 Å². The molecule has 25 heavy (non-hydrogen) atoms. The Morgan fingerprint density at radius 3 is 2.56 bits per heavy atom. The molecular formula is C20H22N2O3. The first-order chi connectivity index (χ1) is 11.9. The van der Waals surface area contributed by atoms with Crippen molar-refractivity contribution in [2.75, 3.05) is 0 Å². The molecule has 5 heteroatoms. The molecule has 0 bridgehead atoms. The van der Waals surface area contributed by atoms with E-state index in [9.17, 15) is 9.90 Å². The molecule has 0 atom stereocenters. The molecule has 130 valence electrons. The number of aliphatic hydroxyl groups is 1. The number of oxazole rings is 1. The molecule has 3 aromatic rings. The van der Waals surface area contributed by atoms with Gasteiger partial charge in [-0.15, -0.1) is 0 Å². The van der Waals surface area contributed by atoms with Gasteiger partial charge in [0.25, 0.3) is 5.91 Å². The van der Waals surface area contributed by atoms with E-state index in [0.29, 0.717) is 23.5 Å². The smallest absolute Gasteiger partial charge is 0.251 e. The van der Waals surface area contributed by atoms with Crippen LogP contribution in [0.5, 0.6) is 0 Å². The lowest BCUT2D eigenvalue weighted by Gasteiger charge is -2.16. The molecule has 0 aliphatic rings. The van der Waals surface area contributed by atoms with Crippen LogP contribution in [0.25, 0.3) is 11.1 Å². The Kier molecular flexibility index (Phi) is 4.86. The van der Waals surface area contributed by atoms with E-state index in [0.717, 1.165) is 17.5 Å². The van der Waals surface area contributed by atoms with Crippen LogP contribution in [0, 0.1) is 0 Å². The molecule has 0 aliphatic heterocycles. The lowest BCUT2D eigenvalue weighted by atomic mass is 9.98. The lowest BCUT2D eigenvalue weighted by molar-refractivity contribution is 0.0713. The molecule has 1 aromatic heterocycles. The molecule has 5 nitrogen and oxygen atoms in total. The summed E-state index contributed by atoms with van der Waals surface area (Å²) >= 11 is 0. The molecule has 3 rings (SSSR count). The number of para-hydroxylation sites is 2. The second kappa shape index (κ2) is 7.07. The Hall–Kier alpha value is -2.66. The predicted octanol–water partition coefficient (Wildman–Crippen LogP) is 3.46. The summed E-state index contributed by atoms with van der Waals surface area (Å²) in [4.78, 5) is 16.6. The van der Waals surface area contributed by atoms with E-state index in [4.69, 9.17) is 4.42 Å². The van der Waals surface area contributed by atoms with Gasteiger partial charge in [-0.3, -0.25) is 4.79 Å². The summed E-state index contributed by atoms with van der Waals surface area (Å²) in [5.41, 5.74) is 2.49. The summed E-state index contributed by atoms with van der Waals surface area (Å²) in [5, 5.41) is 12.6. The first-order valence-corrected chi connectivity index (χ1v) is 8.35. The van der Waals surface area contributed by atoms with E-state index in [1.165, 1.54) is 0 Å². The van der Waals surface area contributed by atoms with E-state index < -0.39 is 5.60 Å². The van der Waals surface area contributed by atoms with E-state index in [1.807, 2.05) is 36.4 Å². The standard InChI is InChI=1S/C20H22N2O3/c1-20(2,24)12-11-14-7-9-15(10-8-14)19(23)21-13-18-22-16-5-3-4-6-17(16)25-18/h3-10,24H,11-13H2,1-2H3,(H,21,23). The highest BCUT2D eigenvalue weighted by Gasteiger charge is 2.13. The molecule has 1 heterocycles. The van der Waals surface area contributed by atoms with Crippen molar-refractivity contribution in [2.24, 2.45) is 0 Å². The molecule has 2 aromatic carbocycles. The summed E-state index contributed by atoms with van der Waals surface area (Å²) in [6, 6.07) is 14.9. The van der Waals surface area contributed by atoms with Crippen LogP contribution in [-0.2, 0) is 13.0 Å². The number of benzene rings is 2. The van der Waals surface area contributed by atoms with Gasteiger partial charge >= 0.3 is 0 Å². The van der Waals surface area contributed by atoms with Gasteiger partial charge < -0.3 is 14.8 Å². The molecular weight excluding hydrogens is 316 g/mol. The van der Waals surface area contributed by atoms with Crippen molar-refractivity contribution in [1.82, 2.24) is 10.3 Å². The number of carbonyl (C=O) groups is 1. The largest absolute Gasteiger partial charge is 0.439 e. The molecule has 0 radical (unpaired) electrons. The van der Waals surface area contributed by atoms with Gasteiger partial charge in [0.1, 0.15) is 5.52 Å². The first-order valence-electron chi connectivity index (χ1n) is 8.35. The van der Waals surface area contributed by atoms with Crippen molar-refractivity contribution in [3.8, 4) is 0 Å². The number of nitrogens with one attached hydrogen (secondary N) is 1. The van der Waals surface area contributed by atoms with Crippen molar-refractivity contribution in [3.63, 3.8) is 0 Å². The second-order valence-electron chi connectivity index (χ2n) is 6.77. The zero-order valence-electron chi connectivity index (χ0n) is 14.5. The van der Waals surface area contributed by atoms with Gasteiger partial charge in [-0.2, -0.15) is 0 Å². The third-order valence-corrected chi connectivity index (χ3v) is 3.98. The zero-order chi connectivity index (χ0) is 17.9. The van der Waals surface area contributed by atoms with Crippen LogP contribution in [0.15, 0.2) is 52.9 Å². The van der Waals surface area contributed by atoms with E-state index in [2.05, 4.69) is 10.3 Å². The van der Waals surface area contributed by atoms with Crippen LogP contribution >= 0.6 is 0 Å². The van der Waals surface area contributed by atoms with Gasteiger partial charge in [-0.05, 0) is 56.5 Å². The van der Waals surface area contributed by atoms with Gasteiger partial charge in [-0.1, -0.05) is 24.3 Å². The third kappa shape index (κ3) is 4.67. The number of carbonyl (C=O) groups excluding carboxylic acids is 1. The Morgan fingerprint density at radius 2 is 1.88 bits per heavy atom. The summed E-state index contributed by atoms with van der Waals surface area (Å²) < 4.78 is 5.59. The molecule has 0 fully saturated rings. The number of aryl methyl sites for hydroxylation is 1. The topological polar surface area (TPSA) is 75.4 Å². The minimum Gasteiger partial charge on any atom is -0.439 e. The number of nitrogens with zero attached hydrogens (tertiary/aromatic N) is 1. The molecule has 0 unspecified atom stereocenters. The van der Waals surface area contributed by atoms with Crippen molar-refractivity contribution >= 4 is 17.0 Å². The van der Waals surface area contributed by atoms with E-state index >= 15 is 0 Å². The number of hydrogen-bond donors (Lipinski definition) is 2. The van der Waals surface area contributed by atoms with Crippen LogP contribution in [0.4, 0.5) is 0 Å². The average molecular weight is 338 g/mol. The number of aromatic nitrogens is 1. The number of fused-ring (bicyclic) bond motifs is 1. The fourth-order valence-corrected chi connectivity index (χ4v) is 2.53. The van der Waals surface area contributed by atoms with Crippen LogP contribution in [0.3, 0.4) is 0 Å². The van der Waals surface area contributed by atoms with Crippen LogP contribution < -0.4 is 5.32 Å². The van der Waals surface area contributed by atoms with Crippen molar-refractivity contribution in [2.45, 2.75) is 38.8 Å². The number of amides is 1. The molecule has 0 saturated heterocycles. The first kappa shape index (κ1) is 17.2. The SMILES string of the molecule is CC(C)(O)CCc1ccc(C(=O)NCc2nc3ccccc3o2)cc1. The Morgan fingerprint density at radius 1 is 1.16 bits per heavy atom. The monoisotopic (exact) mass is 338 g/mol. The Balaban J connectivity index is 1.57. The maximum Gasteiger partial charge on any atom is 0.251 e. The van der Waals surface area contributed by atoms with Gasteiger partial charge in [0, 0.05) is 5.56 Å². The quantitative estimate of drug-likeness (QED) is 0.722. The third-order valence-electron chi connectivity index (χ3n) is 3.98. The van der Waals surface area contributed by atoms with Gasteiger partial charge in [-0.25, -0.2) is 4.98 Å². The van der Waals surface area contributed by atoms with Gasteiger partial charge in [0.05, 0.1) is 12.1 Å². The highest BCUT2D eigenvalue weighted by molar-refractivity contribution is 5.94. The van der Waals surface area contributed by atoms with E-state index in [1.54, 1.807) is 26.0 Å². The molecule has 2 N–H and O–H groups in total. The van der Waals surface area contributed by atoms with E-state index in [-0.39, 0.29) is 12.5 Å². The predicted molar refractivity (Wildman–Crippen MR) is 96.2 cm³/mol. The number of hydrogen-bond acceptors (Lipinski definition) is 4. The lowest BCUT2D eigenvalue weighted by Crippen LogP contribution is -2.23. The summed E-state index contributed by atoms with van der Waals surface area (Å²) in [5.74, 6) is 0.313. The summed E-state index contributed by atoms with van der Waals surface area (Å²) in [7, 11) is 0. The Bertz CT molecular complexity index is 828. The molecule has 0 spiro atoms. The highest BCUT2D eigenvalue weighted by Crippen LogP contribution is 2.15. The van der Waals surface area contributed by atoms with Crippen LogP contribution in [0.1, 0.15) is 42.1 Å². The van der Waals surface area contributed by atoms with Crippen LogP contribution in [-0.4, -0.2) is 21.6 Å². The summed E-state index contributed by atoms with van der Waals surface area (Å²) in [6.45, 7) is 3.83. The van der Waals surface area contributed by atoms with Crippen molar-refractivity contribution in [3.05, 3.63) is 65.5 Å². The zero-order valence-corrected chi connectivity index (χ0v) is 14.5. The fourth-order valence-electron chi connectivity index (χ4n) is 2.53. The second-order valence-corrected chi connectivity index (χ2v) is 6.77. The minimum atomic E-state index is -0.685. The van der Waals surface area contributed by atoms with Crippen LogP contribution in [0.2, 0.25) is 0 Å². The minimum absolute atomic E-state index is 0.170. The Labute approximate surface area is 146 Å². The normalized spacial score (nSPS) is 11.6. The maximum atomic E-state index is 12.2. The summed E-state index contributed by atoms with van der Waals surface area (Å²) in [6.07, 6.45) is 1.45. The molecule has 1 amide bonds. The highest BCUT2D eigenvalue weighted by atomic mass is 16.3. The molecule has 0 saturated carbocycles. The fraction of sp³-hybridized carbons (Fsp3) is 0.300. The van der Waals surface area contributed by atoms with Gasteiger partial charge in [0.15, 0.2) is 5.58 Å². The average Bonchev–Trinajstić information content (AvgIpc) is 3.00.